The van der Waals surface area contributed by atoms with E-state index in [4.69, 9.17) is 5.73 Å². The van der Waals surface area contributed by atoms with Gasteiger partial charge in [-0.3, -0.25) is 4.79 Å². The molecule has 114 valence electrons. The second kappa shape index (κ2) is 6.41. The number of amides is 1. The Bertz CT molecular complexity index is 487. The maximum absolute atomic E-state index is 12.4. The molecule has 21 heavy (non-hydrogen) atoms. The van der Waals surface area contributed by atoms with Crippen LogP contribution in [0.5, 0.6) is 0 Å². The van der Waals surface area contributed by atoms with E-state index in [9.17, 15) is 4.79 Å². The van der Waals surface area contributed by atoms with Crippen LogP contribution in [0.15, 0.2) is 35.2 Å². The van der Waals surface area contributed by atoms with Gasteiger partial charge in [0.15, 0.2) is 0 Å². The Hall–Kier alpha value is -1.00. The third-order valence-corrected chi connectivity index (χ3v) is 6.26. The van der Waals surface area contributed by atoms with Crippen molar-refractivity contribution in [1.29, 1.82) is 0 Å². The Balaban J connectivity index is 1.51. The van der Waals surface area contributed by atoms with Crippen molar-refractivity contribution in [2.24, 2.45) is 17.6 Å². The van der Waals surface area contributed by atoms with Crippen molar-refractivity contribution in [1.82, 2.24) is 5.32 Å². The molecule has 0 aromatic heterocycles. The van der Waals surface area contributed by atoms with E-state index < -0.39 is 0 Å². The molecule has 2 aliphatic carbocycles. The van der Waals surface area contributed by atoms with Crippen molar-refractivity contribution in [3.8, 4) is 0 Å². The highest BCUT2D eigenvalue weighted by molar-refractivity contribution is 8.01. The first-order chi connectivity index (χ1) is 10.2. The van der Waals surface area contributed by atoms with Gasteiger partial charge in [0.2, 0.25) is 5.91 Å². The van der Waals surface area contributed by atoms with Gasteiger partial charge in [-0.25, -0.2) is 0 Å². The van der Waals surface area contributed by atoms with E-state index in [1.165, 1.54) is 17.7 Å². The number of nitrogens with one attached hydrogen (secondary N) is 1. The van der Waals surface area contributed by atoms with Crippen LogP contribution in [-0.2, 0) is 4.79 Å². The molecule has 1 aromatic carbocycles. The molecule has 3 rings (SSSR count). The lowest BCUT2D eigenvalue weighted by Gasteiger charge is -2.20. The molecule has 3 N–H and O–H groups in total. The molecule has 1 aromatic rings. The normalized spacial score (nSPS) is 26.5. The average molecular weight is 304 g/mol. The van der Waals surface area contributed by atoms with Gasteiger partial charge < -0.3 is 11.1 Å². The Morgan fingerprint density at radius 3 is 2.71 bits per heavy atom. The minimum atomic E-state index is 0.146. The largest absolute Gasteiger partial charge is 0.354 e. The second-order valence-electron chi connectivity index (χ2n) is 6.35. The number of hydrogen-bond donors (Lipinski definition) is 2. The van der Waals surface area contributed by atoms with Gasteiger partial charge >= 0.3 is 0 Å². The topological polar surface area (TPSA) is 55.1 Å². The van der Waals surface area contributed by atoms with Crippen LogP contribution in [0.3, 0.4) is 0 Å². The van der Waals surface area contributed by atoms with Gasteiger partial charge in [-0.2, -0.15) is 0 Å². The first-order valence-electron chi connectivity index (χ1n) is 7.94. The summed E-state index contributed by atoms with van der Waals surface area (Å²) in [6.45, 7) is 1.43. The summed E-state index contributed by atoms with van der Waals surface area (Å²) in [5.74, 6) is 0.761. The number of thioether (sulfide) groups is 1. The van der Waals surface area contributed by atoms with Crippen LogP contribution in [0.2, 0.25) is 0 Å². The van der Waals surface area contributed by atoms with E-state index in [2.05, 4.69) is 29.6 Å². The van der Waals surface area contributed by atoms with Crippen LogP contribution in [0.1, 0.15) is 32.1 Å². The molecule has 0 spiro atoms. The zero-order chi connectivity index (χ0) is 14.7. The maximum atomic E-state index is 12.4. The van der Waals surface area contributed by atoms with Crippen LogP contribution in [0.4, 0.5) is 0 Å². The van der Waals surface area contributed by atoms with Gasteiger partial charge in [0.25, 0.3) is 0 Å². The summed E-state index contributed by atoms with van der Waals surface area (Å²) >= 11 is 1.91. The summed E-state index contributed by atoms with van der Waals surface area (Å²) in [6.07, 6.45) is 5.64. The summed E-state index contributed by atoms with van der Waals surface area (Å²) in [4.78, 5) is 13.7. The fraction of sp³-hybridized carbons (Fsp3) is 0.588. The average Bonchev–Trinajstić information content (AvgIpc) is 3.10. The fourth-order valence-corrected chi connectivity index (χ4v) is 4.48. The predicted octanol–water partition coefficient (Wildman–Crippen LogP) is 2.80. The molecule has 2 aliphatic rings. The van der Waals surface area contributed by atoms with Crippen LogP contribution in [-0.4, -0.2) is 23.7 Å². The van der Waals surface area contributed by atoms with Crippen molar-refractivity contribution in [2.45, 2.75) is 41.7 Å². The lowest BCUT2D eigenvalue weighted by Crippen LogP contribution is -2.38. The first-order valence-corrected chi connectivity index (χ1v) is 8.76. The van der Waals surface area contributed by atoms with Crippen molar-refractivity contribution in [3.05, 3.63) is 30.3 Å². The molecule has 0 aliphatic heterocycles. The maximum Gasteiger partial charge on any atom is 0.223 e. The molecule has 2 atom stereocenters. The van der Waals surface area contributed by atoms with E-state index >= 15 is 0 Å². The summed E-state index contributed by atoms with van der Waals surface area (Å²) in [7, 11) is 0. The smallest absolute Gasteiger partial charge is 0.223 e. The Labute approximate surface area is 131 Å². The zero-order valence-electron chi connectivity index (χ0n) is 12.4. The fourth-order valence-electron chi connectivity index (χ4n) is 3.24. The van der Waals surface area contributed by atoms with Gasteiger partial charge in [-0.15, -0.1) is 11.8 Å². The molecule has 0 radical (unpaired) electrons. The van der Waals surface area contributed by atoms with E-state index in [1.54, 1.807) is 0 Å². The minimum Gasteiger partial charge on any atom is -0.354 e. The van der Waals surface area contributed by atoms with Gasteiger partial charge in [-0.05, 0) is 50.3 Å². The highest BCUT2D eigenvalue weighted by Crippen LogP contribution is 2.51. The van der Waals surface area contributed by atoms with Crippen LogP contribution >= 0.6 is 11.8 Å². The van der Waals surface area contributed by atoms with Crippen molar-refractivity contribution >= 4 is 17.7 Å². The standard InChI is InChI=1S/C17H24N2OS/c18-11-13-5-4-8-15(13)16(20)19-12-17(9-10-17)21-14-6-2-1-3-7-14/h1-3,6-7,13,15H,4-5,8-12,18H2,(H,19,20)/t13-,15-/m1/s1. The Morgan fingerprint density at radius 2 is 2.05 bits per heavy atom. The summed E-state index contributed by atoms with van der Waals surface area (Å²) < 4.78 is 0.230. The quantitative estimate of drug-likeness (QED) is 0.849. The van der Waals surface area contributed by atoms with Gasteiger partial charge in [0.1, 0.15) is 0 Å². The van der Waals surface area contributed by atoms with E-state index in [0.717, 1.165) is 25.8 Å². The number of rotatable bonds is 6. The number of hydrogen-bond acceptors (Lipinski definition) is 3. The molecule has 0 heterocycles. The van der Waals surface area contributed by atoms with Crippen LogP contribution in [0, 0.1) is 11.8 Å². The van der Waals surface area contributed by atoms with Crippen molar-refractivity contribution < 1.29 is 4.79 Å². The van der Waals surface area contributed by atoms with E-state index in [0.29, 0.717) is 12.5 Å². The predicted molar refractivity (Wildman–Crippen MR) is 87.2 cm³/mol. The third-order valence-electron chi connectivity index (χ3n) is 4.77. The van der Waals surface area contributed by atoms with Gasteiger partial charge in [0.05, 0.1) is 0 Å². The van der Waals surface area contributed by atoms with Crippen molar-refractivity contribution in [3.63, 3.8) is 0 Å². The molecule has 4 heteroatoms. The summed E-state index contributed by atoms with van der Waals surface area (Å²) in [5, 5.41) is 3.20. The summed E-state index contributed by atoms with van der Waals surface area (Å²) in [5.41, 5.74) is 5.77. The number of carbonyl (C=O) groups is 1. The van der Waals surface area contributed by atoms with Crippen LogP contribution in [0.25, 0.3) is 0 Å². The second-order valence-corrected chi connectivity index (χ2v) is 7.89. The first kappa shape index (κ1) is 14.9. The van der Waals surface area contributed by atoms with Gasteiger partial charge in [-0.1, -0.05) is 24.6 Å². The molecule has 1 amide bonds. The SMILES string of the molecule is NC[C@H]1CCC[C@H]1C(=O)NCC1(Sc2ccccc2)CC1. The molecule has 0 bridgehead atoms. The lowest BCUT2D eigenvalue weighted by molar-refractivity contribution is -0.125. The molecule has 0 saturated heterocycles. The molecular formula is C17H24N2OS. The Kier molecular flexibility index (Phi) is 4.55. The van der Waals surface area contributed by atoms with E-state index in [1.807, 2.05) is 17.8 Å². The molecular weight excluding hydrogens is 280 g/mol. The lowest BCUT2D eigenvalue weighted by atomic mass is 9.95. The molecule has 0 unspecified atom stereocenters. The Morgan fingerprint density at radius 1 is 1.29 bits per heavy atom. The van der Waals surface area contributed by atoms with Gasteiger partial charge in [0, 0.05) is 22.1 Å². The number of benzene rings is 1. The number of nitrogens with two attached hydrogens (primary N) is 1. The minimum absolute atomic E-state index is 0.146. The molecule has 3 nitrogen and oxygen atoms in total. The van der Waals surface area contributed by atoms with E-state index in [-0.39, 0.29) is 16.6 Å². The highest BCUT2D eigenvalue weighted by Gasteiger charge is 2.44. The third kappa shape index (κ3) is 3.61. The highest BCUT2D eigenvalue weighted by atomic mass is 32.2. The molecule has 2 saturated carbocycles. The summed E-state index contributed by atoms with van der Waals surface area (Å²) in [6, 6.07) is 10.5. The molecule has 2 fully saturated rings. The number of carbonyl (C=O) groups excluding carboxylic acids is 1. The van der Waals surface area contributed by atoms with Crippen molar-refractivity contribution in [2.75, 3.05) is 13.1 Å². The van der Waals surface area contributed by atoms with Crippen LogP contribution < -0.4 is 11.1 Å². The monoisotopic (exact) mass is 304 g/mol. The zero-order valence-corrected chi connectivity index (χ0v) is 13.2.